The Kier molecular flexibility index (Phi) is 5.22. The summed E-state index contributed by atoms with van der Waals surface area (Å²) in [6.45, 7) is 2.49. The van der Waals surface area contributed by atoms with Crippen LogP contribution in [0.4, 0.5) is 0 Å². The fourth-order valence-corrected chi connectivity index (χ4v) is 4.98. The number of ether oxygens (including phenoxy) is 2. The molecule has 0 saturated heterocycles. The fraction of sp³-hybridized carbons (Fsp3) is 0.364. The highest BCUT2D eigenvalue weighted by Crippen LogP contribution is 2.44. The number of carbonyl (C=O) groups is 2. The average Bonchev–Trinajstić information content (AvgIpc) is 3.22. The number of carbonyl (C=O) groups excluding carboxylic acids is 2. The number of benzene rings is 1. The predicted molar refractivity (Wildman–Crippen MR) is 108 cm³/mol. The van der Waals surface area contributed by atoms with Crippen molar-refractivity contribution >= 4 is 23.0 Å². The second-order valence-corrected chi connectivity index (χ2v) is 8.06. The molecule has 1 aliphatic carbocycles. The molecule has 1 aromatic heterocycles. The number of hydrogen-bond acceptors (Lipinski definition) is 5. The first-order chi connectivity index (χ1) is 13.6. The molecule has 1 amide bonds. The molecule has 2 aliphatic rings. The van der Waals surface area contributed by atoms with E-state index in [1.54, 1.807) is 18.4 Å². The highest BCUT2D eigenvalue weighted by Gasteiger charge is 2.38. The van der Waals surface area contributed by atoms with Gasteiger partial charge in [-0.15, -0.1) is 11.3 Å². The molecule has 0 saturated carbocycles. The second kappa shape index (κ2) is 7.80. The lowest BCUT2D eigenvalue weighted by molar-refractivity contribution is -0.122. The summed E-state index contributed by atoms with van der Waals surface area (Å²) in [5, 5.41) is 4.96. The molecule has 0 radical (unpaired) electrons. The Morgan fingerprint density at radius 1 is 1.14 bits per heavy atom. The highest BCUT2D eigenvalue weighted by molar-refractivity contribution is 7.10. The van der Waals surface area contributed by atoms with Crippen LogP contribution in [0.25, 0.3) is 0 Å². The van der Waals surface area contributed by atoms with Crippen molar-refractivity contribution in [2.24, 2.45) is 0 Å². The van der Waals surface area contributed by atoms with Gasteiger partial charge >= 0.3 is 0 Å². The van der Waals surface area contributed by atoms with Crippen molar-refractivity contribution in [3.8, 4) is 11.5 Å². The molecule has 4 rings (SSSR count). The Labute approximate surface area is 168 Å². The molecular formula is C22H23NO4S. The number of ketones is 1. The van der Waals surface area contributed by atoms with Crippen LogP contribution < -0.4 is 14.8 Å². The van der Waals surface area contributed by atoms with Gasteiger partial charge in [0, 0.05) is 34.9 Å². The van der Waals surface area contributed by atoms with Crippen LogP contribution in [0.1, 0.15) is 48.5 Å². The van der Waals surface area contributed by atoms with Crippen LogP contribution in [-0.4, -0.2) is 25.4 Å². The molecule has 2 aromatic rings. The summed E-state index contributed by atoms with van der Waals surface area (Å²) in [5.74, 6) is 1.35. The molecule has 146 valence electrons. The van der Waals surface area contributed by atoms with Crippen LogP contribution in [-0.2, 0) is 9.59 Å². The molecule has 1 aromatic carbocycles. The maximum Gasteiger partial charge on any atom is 0.225 e. The molecule has 6 heteroatoms. The Bertz CT molecular complexity index is 932. The van der Waals surface area contributed by atoms with E-state index in [9.17, 15) is 9.59 Å². The molecule has 0 fully saturated rings. The molecular weight excluding hydrogens is 374 g/mol. The summed E-state index contributed by atoms with van der Waals surface area (Å²) >= 11 is 1.60. The molecule has 1 aliphatic heterocycles. The average molecular weight is 397 g/mol. The normalized spacial score (nSPS) is 21.9. The van der Waals surface area contributed by atoms with Crippen LogP contribution >= 0.6 is 11.3 Å². The largest absolute Gasteiger partial charge is 0.493 e. The Balaban J connectivity index is 1.66. The lowest BCUT2D eigenvalue weighted by Gasteiger charge is -2.34. The van der Waals surface area contributed by atoms with E-state index in [1.807, 2.05) is 42.6 Å². The molecule has 1 N–H and O–H groups in total. The number of amides is 1. The van der Waals surface area contributed by atoms with Gasteiger partial charge in [0.2, 0.25) is 5.91 Å². The van der Waals surface area contributed by atoms with Gasteiger partial charge in [-0.1, -0.05) is 12.1 Å². The summed E-state index contributed by atoms with van der Waals surface area (Å²) in [6, 6.07) is 9.79. The topological polar surface area (TPSA) is 64.6 Å². The third kappa shape index (κ3) is 3.44. The first-order valence-corrected chi connectivity index (χ1v) is 10.4. The van der Waals surface area contributed by atoms with Crippen molar-refractivity contribution in [2.75, 3.05) is 13.7 Å². The van der Waals surface area contributed by atoms with E-state index in [2.05, 4.69) is 5.32 Å². The maximum absolute atomic E-state index is 13.1. The van der Waals surface area contributed by atoms with Gasteiger partial charge in [-0.2, -0.15) is 0 Å². The van der Waals surface area contributed by atoms with Crippen LogP contribution in [0.5, 0.6) is 11.5 Å². The van der Waals surface area contributed by atoms with Gasteiger partial charge in [-0.3, -0.25) is 9.59 Å². The Morgan fingerprint density at radius 3 is 2.71 bits per heavy atom. The molecule has 2 heterocycles. The number of rotatable bonds is 5. The second-order valence-electron chi connectivity index (χ2n) is 7.08. The first-order valence-electron chi connectivity index (χ1n) is 9.51. The first kappa shape index (κ1) is 18.7. The quantitative estimate of drug-likeness (QED) is 0.823. The molecule has 0 unspecified atom stereocenters. The molecule has 28 heavy (non-hydrogen) atoms. The summed E-state index contributed by atoms with van der Waals surface area (Å²) in [7, 11) is 1.61. The van der Waals surface area contributed by atoms with Gasteiger partial charge in [0.25, 0.3) is 0 Å². The third-order valence-corrected chi connectivity index (χ3v) is 6.37. The SMILES string of the molecule is CCOc1ccc([C@H]2CC(=O)C3=C(C2)NC(=O)C[C@@H]3c2cccs2)cc1OC. The van der Waals surface area contributed by atoms with E-state index in [4.69, 9.17) is 9.47 Å². The molecule has 0 bridgehead atoms. The maximum atomic E-state index is 13.1. The number of Topliss-reactive ketones (excluding diaryl/α,β-unsaturated/α-hetero) is 1. The van der Waals surface area contributed by atoms with Crippen molar-refractivity contribution in [2.45, 2.75) is 38.0 Å². The minimum Gasteiger partial charge on any atom is -0.493 e. The van der Waals surface area contributed by atoms with Crippen molar-refractivity contribution in [1.29, 1.82) is 0 Å². The van der Waals surface area contributed by atoms with Gasteiger partial charge in [0.05, 0.1) is 13.7 Å². The lowest BCUT2D eigenvalue weighted by Crippen LogP contribution is -2.37. The Hall–Kier alpha value is -2.60. The number of methoxy groups -OCH3 is 1. The van der Waals surface area contributed by atoms with Crippen LogP contribution in [0, 0.1) is 0 Å². The van der Waals surface area contributed by atoms with Crippen molar-refractivity contribution in [3.05, 3.63) is 57.4 Å². The van der Waals surface area contributed by atoms with Gasteiger partial charge in [-0.25, -0.2) is 0 Å². The zero-order chi connectivity index (χ0) is 19.7. The molecule has 5 nitrogen and oxygen atoms in total. The number of thiophene rings is 1. The molecule has 0 spiro atoms. The summed E-state index contributed by atoms with van der Waals surface area (Å²) < 4.78 is 11.0. The third-order valence-electron chi connectivity index (χ3n) is 5.38. The van der Waals surface area contributed by atoms with E-state index in [-0.39, 0.29) is 23.5 Å². The number of allylic oxidation sites excluding steroid dienone is 2. The van der Waals surface area contributed by atoms with Gasteiger partial charge in [0.15, 0.2) is 17.3 Å². The van der Waals surface area contributed by atoms with Crippen LogP contribution in [0.2, 0.25) is 0 Å². The summed E-state index contributed by atoms with van der Waals surface area (Å²) in [5.41, 5.74) is 2.59. The predicted octanol–water partition coefficient (Wildman–Crippen LogP) is 4.16. The zero-order valence-corrected chi connectivity index (χ0v) is 16.8. The number of hydrogen-bond donors (Lipinski definition) is 1. The van der Waals surface area contributed by atoms with Crippen molar-refractivity contribution in [3.63, 3.8) is 0 Å². The van der Waals surface area contributed by atoms with Gasteiger partial charge in [0.1, 0.15) is 0 Å². The smallest absolute Gasteiger partial charge is 0.225 e. The van der Waals surface area contributed by atoms with E-state index >= 15 is 0 Å². The van der Waals surface area contributed by atoms with Crippen LogP contribution in [0.15, 0.2) is 47.0 Å². The fourth-order valence-electron chi connectivity index (χ4n) is 4.14. The zero-order valence-electron chi connectivity index (χ0n) is 16.0. The molecule has 2 atom stereocenters. The van der Waals surface area contributed by atoms with E-state index in [1.165, 1.54) is 0 Å². The van der Waals surface area contributed by atoms with Crippen LogP contribution in [0.3, 0.4) is 0 Å². The Morgan fingerprint density at radius 2 is 2.00 bits per heavy atom. The standard InChI is InChI=1S/C22H23NO4S/c1-3-27-18-7-6-13(11-19(18)26-2)14-9-16-22(17(24)10-14)15(12-21(25)23-16)20-5-4-8-28-20/h4-8,11,14-15H,3,9-10,12H2,1-2H3,(H,23,25)/t14-,15-/m1/s1. The van der Waals surface area contributed by atoms with Crippen molar-refractivity contribution in [1.82, 2.24) is 5.32 Å². The van der Waals surface area contributed by atoms with E-state index < -0.39 is 0 Å². The van der Waals surface area contributed by atoms with Crippen molar-refractivity contribution < 1.29 is 19.1 Å². The monoisotopic (exact) mass is 397 g/mol. The summed E-state index contributed by atoms with van der Waals surface area (Å²) in [6.07, 6.45) is 1.42. The lowest BCUT2D eigenvalue weighted by atomic mass is 9.75. The van der Waals surface area contributed by atoms with E-state index in [0.29, 0.717) is 37.4 Å². The van der Waals surface area contributed by atoms with E-state index in [0.717, 1.165) is 21.7 Å². The van der Waals surface area contributed by atoms with Gasteiger partial charge in [-0.05, 0) is 48.4 Å². The minimum atomic E-state index is -0.118. The van der Waals surface area contributed by atoms with Gasteiger partial charge < -0.3 is 14.8 Å². The summed E-state index contributed by atoms with van der Waals surface area (Å²) in [4.78, 5) is 26.5. The highest BCUT2D eigenvalue weighted by atomic mass is 32.1. The number of nitrogens with one attached hydrogen (secondary N) is 1. The minimum absolute atomic E-state index is 0.0122.